The quantitative estimate of drug-likeness (QED) is 0.449. The molecule has 0 N–H and O–H groups in total. The summed E-state index contributed by atoms with van der Waals surface area (Å²) in [6.07, 6.45) is 0.0866. The number of rotatable bonds is 5. The third kappa shape index (κ3) is 4.14. The number of aromatic nitrogens is 1. The Morgan fingerprint density at radius 1 is 1.22 bits per heavy atom. The van der Waals surface area contributed by atoms with Crippen LogP contribution in [0.4, 0.5) is 5.69 Å². The van der Waals surface area contributed by atoms with Gasteiger partial charge in [-0.25, -0.2) is 4.79 Å². The molecule has 1 fully saturated rings. The summed E-state index contributed by atoms with van der Waals surface area (Å²) < 4.78 is 12.1. The van der Waals surface area contributed by atoms with E-state index >= 15 is 0 Å². The summed E-state index contributed by atoms with van der Waals surface area (Å²) in [5, 5.41) is 10.9. The van der Waals surface area contributed by atoms with Gasteiger partial charge in [0.1, 0.15) is 5.69 Å². The van der Waals surface area contributed by atoms with Crippen molar-refractivity contribution < 1.29 is 24.0 Å². The molecule has 2 aromatic rings. The highest BCUT2D eigenvalue weighted by Gasteiger charge is 2.32. The molecule has 1 unspecified atom stereocenters. The Morgan fingerprint density at radius 3 is 2.48 bits per heavy atom. The van der Waals surface area contributed by atoms with E-state index in [0.29, 0.717) is 31.9 Å². The highest BCUT2D eigenvalue weighted by Crippen LogP contribution is 2.24. The van der Waals surface area contributed by atoms with Gasteiger partial charge in [-0.05, 0) is 0 Å². The molecule has 0 saturated carbocycles. The molecule has 0 radical (unpaired) electrons. The maximum Gasteiger partial charge on any atom is 0.356 e. The number of hydrogen-bond acceptors (Lipinski definition) is 6. The normalized spacial score (nSPS) is 15.2. The maximum atomic E-state index is 12.9. The van der Waals surface area contributed by atoms with Crippen LogP contribution in [0.1, 0.15) is 22.2 Å². The summed E-state index contributed by atoms with van der Waals surface area (Å²) in [4.78, 5) is 37.5. The molecule has 9 nitrogen and oxygen atoms in total. The number of carbonyl (C=O) groups excluding carboxylic acids is 2. The van der Waals surface area contributed by atoms with E-state index in [2.05, 4.69) is 0 Å². The predicted molar refractivity (Wildman–Crippen MR) is 94.1 cm³/mol. The van der Waals surface area contributed by atoms with Crippen molar-refractivity contribution in [2.45, 2.75) is 6.10 Å². The molecular weight excluding hydrogens is 354 g/mol. The summed E-state index contributed by atoms with van der Waals surface area (Å²) >= 11 is 0. The number of esters is 1. The molecule has 1 atom stereocenters. The van der Waals surface area contributed by atoms with Crippen molar-refractivity contribution in [1.82, 2.24) is 9.47 Å². The summed E-state index contributed by atoms with van der Waals surface area (Å²) in [5.41, 5.74) is 0.309. The molecule has 1 aliphatic heterocycles. The molecule has 1 aliphatic rings. The Balaban J connectivity index is 1.86. The van der Waals surface area contributed by atoms with Gasteiger partial charge in [0, 0.05) is 31.8 Å². The number of carbonyl (C=O) groups is 2. The predicted octanol–water partition coefficient (Wildman–Crippen LogP) is 1.69. The van der Waals surface area contributed by atoms with E-state index in [-0.39, 0.29) is 17.3 Å². The van der Waals surface area contributed by atoms with E-state index in [1.165, 1.54) is 17.8 Å². The SMILES string of the molecule is Cn1cc([N+](=O)[O-])cc1C(=O)OC(C(=O)N1CCOCC1)c1ccccc1. The van der Waals surface area contributed by atoms with Crippen molar-refractivity contribution in [2.75, 3.05) is 26.3 Å². The van der Waals surface area contributed by atoms with Crippen LogP contribution in [0.5, 0.6) is 0 Å². The summed E-state index contributed by atoms with van der Waals surface area (Å²) in [7, 11) is 1.50. The highest BCUT2D eigenvalue weighted by molar-refractivity contribution is 5.92. The van der Waals surface area contributed by atoms with Crippen molar-refractivity contribution in [1.29, 1.82) is 0 Å². The van der Waals surface area contributed by atoms with Gasteiger partial charge in [-0.1, -0.05) is 30.3 Å². The van der Waals surface area contributed by atoms with Gasteiger partial charge in [0.15, 0.2) is 0 Å². The van der Waals surface area contributed by atoms with E-state index in [4.69, 9.17) is 9.47 Å². The zero-order valence-electron chi connectivity index (χ0n) is 14.7. The smallest absolute Gasteiger partial charge is 0.356 e. The van der Waals surface area contributed by atoms with E-state index in [1.54, 1.807) is 35.2 Å². The highest BCUT2D eigenvalue weighted by atomic mass is 16.6. The first-order valence-corrected chi connectivity index (χ1v) is 8.40. The number of hydrogen-bond donors (Lipinski definition) is 0. The van der Waals surface area contributed by atoms with Crippen molar-refractivity contribution in [3.05, 3.63) is 64.0 Å². The second kappa shape index (κ2) is 8.00. The van der Waals surface area contributed by atoms with Gasteiger partial charge in [0.05, 0.1) is 24.3 Å². The molecule has 0 spiro atoms. The second-order valence-corrected chi connectivity index (χ2v) is 6.09. The lowest BCUT2D eigenvalue weighted by Gasteiger charge is -2.30. The lowest BCUT2D eigenvalue weighted by atomic mass is 10.1. The number of aryl methyl sites for hydroxylation is 1. The molecule has 1 aromatic carbocycles. The fourth-order valence-corrected chi connectivity index (χ4v) is 2.86. The molecule has 142 valence electrons. The van der Waals surface area contributed by atoms with Gasteiger partial charge in [0.25, 0.3) is 11.6 Å². The summed E-state index contributed by atoms with van der Waals surface area (Å²) in [5.74, 6) is -1.15. The standard InChI is InChI=1S/C18H19N3O6/c1-19-12-14(21(24)25)11-15(19)18(23)27-16(13-5-3-2-4-6-13)17(22)20-7-9-26-10-8-20/h2-6,11-12,16H,7-10H2,1H3. The minimum absolute atomic E-state index is 0.00240. The van der Waals surface area contributed by atoms with Crippen LogP contribution in [-0.2, 0) is 21.3 Å². The molecule has 0 aliphatic carbocycles. The largest absolute Gasteiger partial charge is 0.443 e. The Hall–Kier alpha value is -3.20. The second-order valence-electron chi connectivity index (χ2n) is 6.09. The molecule has 3 rings (SSSR count). The van der Waals surface area contributed by atoms with Gasteiger partial charge in [-0.2, -0.15) is 0 Å². The van der Waals surface area contributed by atoms with Gasteiger partial charge in [-0.15, -0.1) is 0 Å². The zero-order valence-corrected chi connectivity index (χ0v) is 14.7. The van der Waals surface area contributed by atoms with E-state index in [9.17, 15) is 19.7 Å². The van der Waals surface area contributed by atoms with Crippen LogP contribution >= 0.6 is 0 Å². The Kier molecular flexibility index (Phi) is 5.51. The van der Waals surface area contributed by atoms with E-state index in [0.717, 1.165) is 6.07 Å². The number of nitro groups is 1. The third-order valence-electron chi connectivity index (χ3n) is 4.28. The molecule has 2 heterocycles. The fourth-order valence-electron chi connectivity index (χ4n) is 2.86. The van der Waals surface area contributed by atoms with Crippen LogP contribution in [0.15, 0.2) is 42.6 Å². The zero-order chi connectivity index (χ0) is 19.4. The van der Waals surface area contributed by atoms with E-state index < -0.39 is 17.0 Å². The summed E-state index contributed by atoms with van der Waals surface area (Å²) in [6.45, 7) is 1.67. The summed E-state index contributed by atoms with van der Waals surface area (Å²) in [6, 6.07) is 9.81. The van der Waals surface area contributed by atoms with Gasteiger partial charge in [0.2, 0.25) is 6.10 Å². The average Bonchev–Trinajstić information content (AvgIpc) is 3.09. The first-order valence-electron chi connectivity index (χ1n) is 8.40. The monoisotopic (exact) mass is 373 g/mol. The lowest BCUT2D eigenvalue weighted by molar-refractivity contribution is -0.384. The van der Waals surface area contributed by atoms with Crippen molar-refractivity contribution >= 4 is 17.6 Å². The number of nitrogens with zero attached hydrogens (tertiary/aromatic N) is 3. The molecule has 0 bridgehead atoms. The van der Waals surface area contributed by atoms with Gasteiger partial charge < -0.3 is 18.9 Å². The molecular formula is C18H19N3O6. The average molecular weight is 373 g/mol. The van der Waals surface area contributed by atoms with Gasteiger partial charge >= 0.3 is 5.97 Å². The van der Waals surface area contributed by atoms with Crippen LogP contribution in [0.3, 0.4) is 0 Å². The molecule has 1 saturated heterocycles. The van der Waals surface area contributed by atoms with Crippen molar-refractivity contribution in [3.8, 4) is 0 Å². The van der Waals surface area contributed by atoms with Gasteiger partial charge in [-0.3, -0.25) is 14.9 Å². The van der Waals surface area contributed by atoms with E-state index in [1.807, 2.05) is 0 Å². The number of ether oxygens (including phenoxy) is 2. The third-order valence-corrected chi connectivity index (χ3v) is 4.28. The van der Waals surface area contributed by atoms with Crippen LogP contribution in [0, 0.1) is 10.1 Å². The van der Waals surface area contributed by atoms with Crippen molar-refractivity contribution in [3.63, 3.8) is 0 Å². The van der Waals surface area contributed by atoms with Crippen LogP contribution in [0.25, 0.3) is 0 Å². The number of amides is 1. The number of morpholine rings is 1. The first-order chi connectivity index (χ1) is 13.0. The first kappa shape index (κ1) is 18.6. The fraction of sp³-hybridized carbons (Fsp3) is 0.333. The minimum Gasteiger partial charge on any atom is -0.443 e. The molecule has 9 heteroatoms. The topological polar surface area (TPSA) is 104 Å². The Bertz CT molecular complexity index is 842. The molecule has 1 amide bonds. The maximum absolute atomic E-state index is 12.9. The van der Waals surface area contributed by atoms with Crippen LogP contribution < -0.4 is 0 Å². The minimum atomic E-state index is -1.13. The Labute approximate surface area is 155 Å². The number of benzene rings is 1. The Morgan fingerprint density at radius 2 is 1.89 bits per heavy atom. The van der Waals surface area contributed by atoms with Crippen LogP contribution in [-0.4, -0.2) is 52.6 Å². The lowest BCUT2D eigenvalue weighted by Crippen LogP contribution is -2.44. The van der Waals surface area contributed by atoms with Crippen LogP contribution in [0.2, 0.25) is 0 Å². The van der Waals surface area contributed by atoms with Crippen molar-refractivity contribution in [2.24, 2.45) is 7.05 Å². The molecule has 27 heavy (non-hydrogen) atoms. The molecule has 1 aromatic heterocycles.